The van der Waals surface area contributed by atoms with Gasteiger partial charge in [-0.1, -0.05) is 134 Å². The lowest BCUT2D eigenvalue weighted by Gasteiger charge is -2.48. The Bertz CT molecular complexity index is 1450. The fraction of sp³-hybridized carbons (Fsp3) is 0.865. The van der Waals surface area contributed by atoms with E-state index in [1.807, 2.05) is 6.08 Å². The van der Waals surface area contributed by atoms with E-state index in [1.165, 1.54) is 38.5 Å². The number of ether oxygens (including phenoxy) is 6. The molecule has 1 amide bonds. The summed E-state index contributed by atoms with van der Waals surface area (Å²) in [5, 5.41) is 119. The van der Waals surface area contributed by atoms with Gasteiger partial charge < -0.3 is 89.9 Å². The maximum Gasteiger partial charge on any atom is 0.220 e. The Balaban J connectivity index is 1.51. The molecule has 0 radical (unpaired) electrons. The third kappa shape index (κ3) is 22.4. The average Bonchev–Trinajstić information content (AvgIpc) is 3.36. The van der Waals surface area contributed by atoms with E-state index in [2.05, 4.69) is 43.5 Å². The number of rotatable bonds is 37. The number of aliphatic hydroxyl groups is 11. The van der Waals surface area contributed by atoms with Gasteiger partial charge >= 0.3 is 0 Å². The zero-order valence-corrected chi connectivity index (χ0v) is 42.4. The predicted octanol–water partition coefficient (Wildman–Crippen LogP) is 2.59. The number of carbonyl (C=O) groups is 1. The first-order valence-electron chi connectivity index (χ1n) is 26.7. The standard InChI is InChI=1S/C52H93NO18/c1-3-5-7-9-11-13-14-15-16-17-18-19-20-21-22-24-26-28-30-40(58)53-35(36(57)29-27-25-23-12-10-8-6-4-2)34-66-50-46(64)43(61)48(38(32-55)68-50)71-52-47(65)44(62)49(39(33-56)69-52)70-51-45(63)42(60)41(59)37(31-54)67-51/h13-14,16-17,27,29,35-39,41-52,54-57,59-65H,3-12,15,18-26,28,30-34H2,1-2H3,(H,53,58)/b14-13-,17-16-,29-27+. The van der Waals surface area contributed by atoms with Gasteiger partial charge in [-0.25, -0.2) is 0 Å². The number of amides is 1. The molecule has 0 spiro atoms. The highest BCUT2D eigenvalue weighted by Gasteiger charge is 2.53. The van der Waals surface area contributed by atoms with Gasteiger partial charge in [0.05, 0.1) is 38.6 Å². The number of hydrogen-bond donors (Lipinski definition) is 12. The Hall–Kier alpha value is -1.99. The van der Waals surface area contributed by atoms with Crippen molar-refractivity contribution in [2.75, 3.05) is 26.4 Å². The summed E-state index contributed by atoms with van der Waals surface area (Å²) in [6.07, 6.45) is 8.78. The molecule has 17 atom stereocenters. The van der Waals surface area contributed by atoms with Crippen molar-refractivity contribution in [3.05, 3.63) is 36.5 Å². The molecule has 3 aliphatic heterocycles. The highest BCUT2D eigenvalue weighted by molar-refractivity contribution is 5.76. The summed E-state index contributed by atoms with van der Waals surface area (Å²) < 4.78 is 34.1. The van der Waals surface area contributed by atoms with Gasteiger partial charge in [0.15, 0.2) is 18.9 Å². The molecule has 71 heavy (non-hydrogen) atoms. The molecule has 0 aromatic carbocycles. The normalized spacial score (nSPS) is 32.5. The van der Waals surface area contributed by atoms with Crippen LogP contribution in [0.4, 0.5) is 0 Å². The summed E-state index contributed by atoms with van der Waals surface area (Å²) in [6, 6.07) is -0.973. The number of aliphatic hydroxyl groups excluding tert-OH is 11. The molecule has 3 aliphatic rings. The number of unbranched alkanes of at least 4 members (excludes halogenated alkanes) is 17. The summed E-state index contributed by atoms with van der Waals surface area (Å²) in [4.78, 5) is 13.2. The third-order valence-corrected chi connectivity index (χ3v) is 13.4. The maximum atomic E-state index is 13.2. The first-order valence-corrected chi connectivity index (χ1v) is 26.7. The molecule has 0 aliphatic carbocycles. The fourth-order valence-corrected chi connectivity index (χ4v) is 8.92. The van der Waals surface area contributed by atoms with Crippen LogP contribution < -0.4 is 5.32 Å². The van der Waals surface area contributed by atoms with Gasteiger partial charge in [-0.2, -0.15) is 0 Å². The van der Waals surface area contributed by atoms with Crippen molar-refractivity contribution in [2.24, 2.45) is 0 Å². The Kier molecular flexibility index (Phi) is 32.9. The van der Waals surface area contributed by atoms with E-state index < -0.39 is 124 Å². The SMILES string of the molecule is CCCCCC/C=C\C/C=C\CCCCCCCCCC(=O)NC(COC1OC(CO)C(OC2OC(CO)C(OC3OC(CO)C(O)C(O)C3O)C(O)C2O)C(O)C1O)C(O)/C=C/CCCCCCCC. The lowest BCUT2D eigenvalue weighted by atomic mass is 9.96. The van der Waals surface area contributed by atoms with Crippen molar-refractivity contribution >= 4 is 5.91 Å². The van der Waals surface area contributed by atoms with Gasteiger partial charge in [0.1, 0.15) is 73.2 Å². The Morgan fingerprint density at radius 2 is 0.930 bits per heavy atom. The lowest BCUT2D eigenvalue weighted by molar-refractivity contribution is -0.379. The largest absolute Gasteiger partial charge is 0.394 e. The zero-order valence-electron chi connectivity index (χ0n) is 42.4. The van der Waals surface area contributed by atoms with Crippen molar-refractivity contribution < 1.29 is 89.4 Å². The minimum atomic E-state index is -1.98. The monoisotopic (exact) mass is 1020 g/mol. The fourth-order valence-electron chi connectivity index (χ4n) is 8.92. The van der Waals surface area contributed by atoms with Crippen LogP contribution in [-0.4, -0.2) is 193 Å². The van der Waals surface area contributed by atoms with Crippen LogP contribution in [0.15, 0.2) is 36.5 Å². The molecule has 0 aromatic rings. The number of carbonyl (C=O) groups excluding carboxylic acids is 1. The van der Waals surface area contributed by atoms with Crippen molar-refractivity contribution in [1.29, 1.82) is 0 Å². The van der Waals surface area contributed by atoms with Crippen molar-refractivity contribution in [3.8, 4) is 0 Å². The van der Waals surface area contributed by atoms with Gasteiger partial charge in [-0.05, 0) is 51.4 Å². The molecule has 0 aromatic heterocycles. The third-order valence-electron chi connectivity index (χ3n) is 13.4. The van der Waals surface area contributed by atoms with Crippen molar-refractivity contribution in [3.63, 3.8) is 0 Å². The quantitative estimate of drug-likeness (QED) is 0.0314. The first kappa shape index (κ1) is 63.3. The Morgan fingerprint density at radius 3 is 1.45 bits per heavy atom. The minimum absolute atomic E-state index is 0.233. The summed E-state index contributed by atoms with van der Waals surface area (Å²) in [7, 11) is 0. The van der Waals surface area contributed by atoms with Gasteiger partial charge in [0, 0.05) is 6.42 Å². The van der Waals surface area contributed by atoms with E-state index in [-0.39, 0.29) is 18.9 Å². The second kappa shape index (κ2) is 36.9. The Labute approximate surface area is 421 Å². The predicted molar refractivity (Wildman–Crippen MR) is 263 cm³/mol. The lowest BCUT2D eigenvalue weighted by Crippen LogP contribution is -2.66. The molecule has 12 N–H and O–H groups in total. The topological polar surface area (TPSA) is 307 Å². The molecule has 0 saturated carbocycles. The summed E-state index contributed by atoms with van der Waals surface area (Å²) >= 11 is 0. The molecule has 0 bridgehead atoms. The number of hydrogen-bond acceptors (Lipinski definition) is 18. The molecular weight excluding hydrogens is 927 g/mol. The molecule has 19 heteroatoms. The zero-order chi connectivity index (χ0) is 52.0. The van der Waals surface area contributed by atoms with E-state index in [0.717, 1.165) is 89.9 Å². The number of nitrogens with one attached hydrogen (secondary N) is 1. The Morgan fingerprint density at radius 1 is 0.507 bits per heavy atom. The van der Waals surface area contributed by atoms with Crippen LogP contribution in [-0.2, 0) is 33.2 Å². The number of allylic oxidation sites excluding steroid dienone is 5. The molecule has 3 rings (SSSR count). The van der Waals surface area contributed by atoms with Crippen LogP contribution in [0.2, 0.25) is 0 Å². The van der Waals surface area contributed by atoms with Crippen LogP contribution in [0.5, 0.6) is 0 Å². The van der Waals surface area contributed by atoms with Crippen LogP contribution in [0.25, 0.3) is 0 Å². The second-order valence-electron chi connectivity index (χ2n) is 19.3. The molecule has 3 heterocycles. The van der Waals surface area contributed by atoms with Crippen molar-refractivity contribution in [2.45, 2.75) is 259 Å². The summed E-state index contributed by atoms with van der Waals surface area (Å²) in [5.74, 6) is -0.290. The summed E-state index contributed by atoms with van der Waals surface area (Å²) in [5.41, 5.74) is 0. The molecular formula is C52H93NO18. The van der Waals surface area contributed by atoms with E-state index in [0.29, 0.717) is 6.42 Å². The summed E-state index contributed by atoms with van der Waals surface area (Å²) in [6.45, 7) is 1.61. The van der Waals surface area contributed by atoms with Gasteiger partial charge in [0.25, 0.3) is 0 Å². The van der Waals surface area contributed by atoms with E-state index in [4.69, 9.17) is 28.4 Å². The molecule has 3 saturated heterocycles. The highest BCUT2D eigenvalue weighted by Crippen LogP contribution is 2.33. The first-order chi connectivity index (χ1) is 34.3. The van der Waals surface area contributed by atoms with Gasteiger partial charge in [0.2, 0.25) is 5.91 Å². The average molecular weight is 1020 g/mol. The highest BCUT2D eigenvalue weighted by atomic mass is 16.8. The van der Waals surface area contributed by atoms with E-state index in [9.17, 15) is 61.0 Å². The molecule has 3 fully saturated rings. The molecule has 414 valence electrons. The van der Waals surface area contributed by atoms with Crippen LogP contribution in [0.3, 0.4) is 0 Å². The van der Waals surface area contributed by atoms with Gasteiger partial charge in [-0.3, -0.25) is 4.79 Å². The van der Waals surface area contributed by atoms with Crippen LogP contribution >= 0.6 is 0 Å². The molecule has 19 nitrogen and oxygen atoms in total. The minimum Gasteiger partial charge on any atom is -0.394 e. The van der Waals surface area contributed by atoms with E-state index in [1.54, 1.807) is 6.08 Å². The van der Waals surface area contributed by atoms with Gasteiger partial charge in [-0.15, -0.1) is 0 Å². The van der Waals surface area contributed by atoms with Crippen LogP contribution in [0.1, 0.15) is 155 Å². The van der Waals surface area contributed by atoms with E-state index >= 15 is 0 Å². The molecule has 17 unspecified atom stereocenters. The second-order valence-corrected chi connectivity index (χ2v) is 19.3. The smallest absolute Gasteiger partial charge is 0.220 e. The maximum absolute atomic E-state index is 13.2. The van der Waals surface area contributed by atoms with Crippen LogP contribution in [0, 0.1) is 0 Å². The van der Waals surface area contributed by atoms with Crippen molar-refractivity contribution in [1.82, 2.24) is 5.32 Å².